The second kappa shape index (κ2) is 11.3. The molecule has 2 N–H and O–H groups in total. The van der Waals surface area contributed by atoms with Crippen LogP contribution in [0.3, 0.4) is 0 Å². The van der Waals surface area contributed by atoms with Crippen LogP contribution in [0.15, 0.2) is 90.1 Å². The van der Waals surface area contributed by atoms with Gasteiger partial charge >= 0.3 is 6.03 Å². The van der Waals surface area contributed by atoms with Crippen LogP contribution in [-0.4, -0.2) is 25.7 Å². The molecule has 0 bridgehead atoms. The maximum atomic E-state index is 12.5. The van der Waals surface area contributed by atoms with Crippen LogP contribution in [0, 0.1) is 10.1 Å². The Bertz CT molecular complexity index is 1280. The average molecular weight is 489 g/mol. The Balaban J connectivity index is 1.54. The molecule has 9 nitrogen and oxygen atoms in total. The lowest BCUT2D eigenvalue weighted by atomic mass is 10.2. The first kappa shape index (κ1) is 24.0. The number of nitrogens with one attached hydrogen (secondary N) is 2. The van der Waals surface area contributed by atoms with Gasteiger partial charge in [0.2, 0.25) is 0 Å². The van der Waals surface area contributed by atoms with Crippen LogP contribution in [0.25, 0.3) is 5.69 Å². The Morgan fingerprint density at radius 1 is 0.971 bits per heavy atom. The highest BCUT2D eigenvalue weighted by Gasteiger charge is 2.21. The summed E-state index contributed by atoms with van der Waals surface area (Å²) < 4.78 is 1.82. The van der Waals surface area contributed by atoms with Gasteiger partial charge in [-0.1, -0.05) is 72.4 Å². The van der Waals surface area contributed by atoms with E-state index in [0.29, 0.717) is 29.0 Å². The molecule has 1 aromatic heterocycles. The fourth-order valence-corrected chi connectivity index (χ4v) is 4.35. The molecule has 4 aromatic rings. The largest absolute Gasteiger partial charge is 0.334 e. The van der Waals surface area contributed by atoms with Gasteiger partial charge in [0.1, 0.15) is 0 Å². The molecule has 0 aliphatic carbocycles. The number of carbonyl (C=O) groups is 1. The number of thioether (sulfide) groups is 1. The van der Waals surface area contributed by atoms with Crippen molar-refractivity contribution in [3.8, 4) is 5.69 Å². The van der Waals surface area contributed by atoms with Crippen LogP contribution < -0.4 is 10.6 Å². The van der Waals surface area contributed by atoms with Crippen molar-refractivity contribution in [1.29, 1.82) is 0 Å². The first-order valence-corrected chi connectivity index (χ1v) is 11.9. The quantitative estimate of drug-likeness (QED) is 0.194. The standard InChI is InChI=1S/C25H24N6O3S/c1-18(27-24(32)26-16-19-8-4-2-5-9-19)23-28-29-25(35-17-20-10-6-3-7-11-20)30(23)21-12-14-22(15-13-21)31(33)34/h2-15,18H,16-17H2,1H3,(H2,26,27,32). The van der Waals surface area contributed by atoms with E-state index >= 15 is 0 Å². The molecule has 10 heteroatoms. The zero-order valence-electron chi connectivity index (χ0n) is 19.0. The molecule has 1 heterocycles. The predicted octanol–water partition coefficient (Wildman–Crippen LogP) is 5.03. The molecule has 0 saturated carbocycles. The highest BCUT2D eigenvalue weighted by Crippen LogP contribution is 2.28. The van der Waals surface area contributed by atoms with E-state index in [1.54, 1.807) is 12.1 Å². The number of hydrogen-bond acceptors (Lipinski definition) is 6. The minimum Gasteiger partial charge on any atom is -0.334 e. The summed E-state index contributed by atoms with van der Waals surface area (Å²) in [6.45, 7) is 2.21. The minimum absolute atomic E-state index is 0.00618. The third-order valence-corrected chi connectivity index (χ3v) is 6.22. The Morgan fingerprint density at radius 2 is 1.60 bits per heavy atom. The topological polar surface area (TPSA) is 115 Å². The van der Waals surface area contributed by atoms with Gasteiger partial charge in [-0.15, -0.1) is 10.2 Å². The number of benzene rings is 3. The molecule has 4 rings (SSSR count). The number of rotatable bonds is 9. The molecule has 35 heavy (non-hydrogen) atoms. The maximum absolute atomic E-state index is 12.5. The van der Waals surface area contributed by atoms with Crippen molar-refractivity contribution in [1.82, 2.24) is 25.4 Å². The van der Waals surface area contributed by atoms with Gasteiger partial charge in [-0.3, -0.25) is 14.7 Å². The van der Waals surface area contributed by atoms with Crippen molar-refractivity contribution in [3.63, 3.8) is 0 Å². The third-order valence-electron chi connectivity index (χ3n) is 5.22. The van der Waals surface area contributed by atoms with E-state index < -0.39 is 11.0 Å². The summed E-state index contributed by atoms with van der Waals surface area (Å²) in [6.07, 6.45) is 0. The van der Waals surface area contributed by atoms with Gasteiger partial charge in [-0.05, 0) is 30.2 Å². The van der Waals surface area contributed by atoms with E-state index in [9.17, 15) is 14.9 Å². The number of aromatic nitrogens is 3. The summed E-state index contributed by atoms with van der Waals surface area (Å²) in [5.74, 6) is 1.19. The summed E-state index contributed by atoms with van der Waals surface area (Å²) in [4.78, 5) is 23.2. The van der Waals surface area contributed by atoms with E-state index in [4.69, 9.17) is 0 Å². The second-order valence-corrected chi connectivity index (χ2v) is 8.70. The molecule has 0 fully saturated rings. The minimum atomic E-state index is -0.473. The fourth-order valence-electron chi connectivity index (χ4n) is 3.43. The van der Waals surface area contributed by atoms with Crippen molar-refractivity contribution in [2.24, 2.45) is 0 Å². The molecule has 1 atom stereocenters. The first-order valence-electron chi connectivity index (χ1n) is 11.0. The number of urea groups is 1. The van der Waals surface area contributed by atoms with Gasteiger partial charge in [0, 0.05) is 30.1 Å². The van der Waals surface area contributed by atoms with Crippen LogP contribution in [0.2, 0.25) is 0 Å². The molecule has 0 aliphatic heterocycles. The third kappa shape index (κ3) is 6.24. The normalized spacial score (nSPS) is 11.6. The smallest absolute Gasteiger partial charge is 0.315 e. The molecule has 0 radical (unpaired) electrons. The lowest BCUT2D eigenvalue weighted by Gasteiger charge is -2.17. The van der Waals surface area contributed by atoms with Crippen LogP contribution in [0.1, 0.15) is 29.9 Å². The van der Waals surface area contributed by atoms with Gasteiger partial charge in [-0.25, -0.2) is 4.79 Å². The van der Waals surface area contributed by atoms with Gasteiger partial charge in [0.05, 0.1) is 11.0 Å². The van der Waals surface area contributed by atoms with Crippen LogP contribution in [0.4, 0.5) is 10.5 Å². The zero-order valence-corrected chi connectivity index (χ0v) is 19.8. The predicted molar refractivity (Wildman–Crippen MR) is 134 cm³/mol. The van der Waals surface area contributed by atoms with Crippen molar-refractivity contribution >= 4 is 23.5 Å². The molecular formula is C25H24N6O3S. The molecule has 0 aliphatic rings. The summed E-state index contributed by atoms with van der Waals surface area (Å²) in [7, 11) is 0. The van der Waals surface area contributed by atoms with Gasteiger partial charge < -0.3 is 10.6 Å². The molecule has 0 spiro atoms. The monoisotopic (exact) mass is 488 g/mol. The van der Waals surface area contributed by atoms with E-state index in [0.717, 1.165) is 11.1 Å². The highest BCUT2D eigenvalue weighted by molar-refractivity contribution is 7.98. The Morgan fingerprint density at radius 3 is 2.23 bits per heavy atom. The molecule has 1 unspecified atom stereocenters. The van der Waals surface area contributed by atoms with Crippen molar-refractivity contribution < 1.29 is 9.72 Å². The highest BCUT2D eigenvalue weighted by atomic mass is 32.2. The Labute approximate surface area is 206 Å². The van der Waals surface area contributed by atoms with Gasteiger partial charge in [0.15, 0.2) is 11.0 Å². The van der Waals surface area contributed by atoms with E-state index in [1.165, 1.54) is 23.9 Å². The van der Waals surface area contributed by atoms with Gasteiger partial charge in [0.25, 0.3) is 5.69 Å². The van der Waals surface area contributed by atoms with Crippen LogP contribution in [0.5, 0.6) is 0 Å². The van der Waals surface area contributed by atoms with Crippen molar-refractivity contribution in [2.75, 3.05) is 0 Å². The molecule has 3 aromatic carbocycles. The van der Waals surface area contributed by atoms with Crippen molar-refractivity contribution in [3.05, 3.63) is 112 Å². The summed E-state index contributed by atoms with van der Waals surface area (Å²) >= 11 is 1.50. The zero-order chi connectivity index (χ0) is 24.6. The number of nitro benzene ring substituents is 1. The average Bonchev–Trinajstić information content (AvgIpc) is 3.32. The molecule has 2 amide bonds. The van der Waals surface area contributed by atoms with Gasteiger partial charge in [-0.2, -0.15) is 0 Å². The lowest BCUT2D eigenvalue weighted by molar-refractivity contribution is -0.384. The van der Waals surface area contributed by atoms with Crippen LogP contribution >= 0.6 is 11.8 Å². The first-order chi connectivity index (χ1) is 17.0. The molecule has 0 saturated heterocycles. The van der Waals surface area contributed by atoms with E-state index in [-0.39, 0.29) is 11.7 Å². The summed E-state index contributed by atoms with van der Waals surface area (Å²) in [5.41, 5.74) is 2.78. The second-order valence-electron chi connectivity index (χ2n) is 7.76. The number of non-ortho nitro benzene ring substituents is 1. The van der Waals surface area contributed by atoms with Crippen LogP contribution in [-0.2, 0) is 12.3 Å². The lowest BCUT2D eigenvalue weighted by Crippen LogP contribution is -2.37. The molecule has 178 valence electrons. The fraction of sp³-hybridized carbons (Fsp3) is 0.160. The number of carbonyl (C=O) groups excluding carboxylic acids is 1. The SMILES string of the molecule is CC(NC(=O)NCc1ccccc1)c1nnc(SCc2ccccc2)n1-c1ccc([N+](=O)[O-])cc1. The molecular weight excluding hydrogens is 464 g/mol. The number of nitrogens with zero attached hydrogens (tertiary/aromatic N) is 4. The summed E-state index contributed by atoms with van der Waals surface area (Å²) in [6, 6.07) is 25.0. The Hall–Kier alpha value is -4.18. The number of nitro groups is 1. The summed E-state index contributed by atoms with van der Waals surface area (Å²) in [5, 5.41) is 26.2. The van der Waals surface area contributed by atoms with Crippen molar-refractivity contribution in [2.45, 2.75) is 30.4 Å². The maximum Gasteiger partial charge on any atom is 0.315 e. The number of amides is 2. The Kier molecular flexibility index (Phi) is 7.74. The van der Waals surface area contributed by atoms with E-state index in [2.05, 4.69) is 20.8 Å². The number of hydrogen-bond donors (Lipinski definition) is 2. The van der Waals surface area contributed by atoms with E-state index in [1.807, 2.05) is 72.2 Å².